The number of aromatic amines is 1. The van der Waals surface area contributed by atoms with Gasteiger partial charge < -0.3 is 19.9 Å². The molecule has 1 aliphatic rings. The number of aryl methyl sites for hydroxylation is 1. The van der Waals surface area contributed by atoms with E-state index >= 15 is 0 Å². The Morgan fingerprint density at radius 1 is 1.11 bits per heavy atom. The number of amides is 1. The maximum absolute atomic E-state index is 12.5. The lowest BCUT2D eigenvalue weighted by Crippen LogP contribution is -2.26. The third-order valence-electron chi connectivity index (χ3n) is 6.93. The van der Waals surface area contributed by atoms with Gasteiger partial charge in [0.05, 0.1) is 36.2 Å². The standard InChI is InChI=1S/C28H33N7O2/c1-19-24(17-31-33-19)27-18-30-25-8-7-21(16-26(25)32-27)35(12-6-11-34-9-4-5-10-34)22-13-20(28(36)29-2)14-23(15-22)37-3/h7-8,13-18H,4-6,9-12H2,1-3H3,(H,29,36)(H,31,33). The molecule has 0 spiro atoms. The minimum Gasteiger partial charge on any atom is -0.497 e. The molecule has 4 aromatic rings. The number of nitrogens with one attached hydrogen (secondary N) is 2. The first kappa shape index (κ1) is 24.7. The van der Waals surface area contributed by atoms with Crippen LogP contribution in [0.3, 0.4) is 0 Å². The summed E-state index contributed by atoms with van der Waals surface area (Å²) in [5.41, 5.74) is 6.72. The number of fused-ring (bicyclic) bond motifs is 1. The third-order valence-corrected chi connectivity index (χ3v) is 6.93. The van der Waals surface area contributed by atoms with Crippen molar-refractivity contribution in [1.29, 1.82) is 0 Å². The van der Waals surface area contributed by atoms with Gasteiger partial charge in [0.2, 0.25) is 0 Å². The predicted molar refractivity (Wildman–Crippen MR) is 146 cm³/mol. The Labute approximate surface area is 216 Å². The molecule has 9 heteroatoms. The summed E-state index contributed by atoms with van der Waals surface area (Å²) in [4.78, 5) is 26.8. The van der Waals surface area contributed by atoms with E-state index in [2.05, 4.69) is 42.4 Å². The lowest BCUT2D eigenvalue weighted by molar-refractivity contribution is 0.0962. The lowest BCUT2D eigenvalue weighted by Gasteiger charge is -2.27. The number of nitrogens with zero attached hydrogens (tertiary/aromatic N) is 5. The highest BCUT2D eigenvalue weighted by Crippen LogP contribution is 2.32. The second-order valence-electron chi connectivity index (χ2n) is 9.39. The van der Waals surface area contributed by atoms with Gasteiger partial charge in [-0.05, 0) is 76.2 Å². The predicted octanol–water partition coefficient (Wildman–Crippen LogP) is 4.32. The summed E-state index contributed by atoms with van der Waals surface area (Å²) in [6, 6.07) is 11.8. The highest BCUT2D eigenvalue weighted by atomic mass is 16.5. The van der Waals surface area contributed by atoms with Crippen molar-refractivity contribution < 1.29 is 9.53 Å². The van der Waals surface area contributed by atoms with Crippen LogP contribution in [0.25, 0.3) is 22.3 Å². The van der Waals surface area contributed by atoms with Crippen molar-refractivity contribution in [3.63, 3.8) is 0 Å². The molecule has 0 bridgehead atoms. The van der Waals surface area contributed by atoms with Crippen LogP contribution in [0.5, 0.6) is 5.75 Å². The minimum absolute atomic E-state index is 0.151. The van der Waals surface area contributed by atoms with Crippen molar-refractivity contribution in [3.05, 3.63) is 60.0 Å². The van der Waals surface area contributed by atoms with Gasteiger partial charge in [-0.25, -0.2) is 4.98 Å². The fourth-order valence-corrected chi connectivity index (χ4v) is 4.90. The van der Waals surface area contributed by atoms with Gasteiger partial charge in [-0.2, -0.15) is 5.10 Å². The van der Waals surface area contributed by atoms with Crippen LogP contribution in [0.15, 0.2) is 48.8 Å². The fraction of sp³-hybridized carbons (Fsp3) is 0.357. The van der Waals surface area contributed by atoms with Gasteiger partial charge in [0.15, 0.2) is 0 Å². The summed E-state index contributed by atoms with van der Waals surface area (Å²) in [7, 11) is 3.26. The summed E-state index contributed by atoms with van der Waals surface area (Å²) in [6.45, 7) is 6.14. The molecular formula is C28H33N7O2. The maximum Gasteiger partial charge on any atom is 0.251 e. The molecule has 1 fully saturated rings. The average molecular weight is 500 g/mol. The van der Waals surface area contributed by atoms with Crippen LogP contribution in [0, 0.1) is 6.92 Å². The molecule has 37 heavy (non-hydrogen) atoms. The van der Waals surface area contributed by atoms with E-state index in [-0.39, 0.29) is 5.91 Å². The first-order valence-electron chi connectivity index (χ1n) is 12.7. The number of rotatable bonds is 9. The highest BCUT2D eigenvalue weighted by Gasteiger charge is 2.18. The van der Waals surface area contributed by atoms with Crippen LogP contribution in [-0.2, 0) is 0 Å². The van der Waals surface area contributed by atoms with E-state index in [1.54, 1.807) is 32.6 Å². The Morgan fingerprint density at radius 3 is 2.68 bits per heavy atom. The first-order chi connectivity index (χ1) is 18.1. The third kappa shape index (κ3) is 5.41. The number of hydrogen-bond acceptors (Lipinski definition) is 7. The number of carbonyl (C=O) groups is 1. The van der Waals surface area contributed by atoms with Crippen molar-refractivity contribution >= 4 is 28.3 Å². The zero-order valence-electron chi connectivity index (χ0n) is 21.6. The van der Waals surface area contributed by atoms with Gasteiger partial charge in [-0.15, -0.1) is 0 Å². The van der Waals surface area contributed by atoms with Gasteiger partial charge in [0.25, 0.3) is 5.91 Å². The van der Waals surface area contributed by atoms with E-state index in [9.17, 15) is 4.79 Å². The number of likely N-dealkylation sites (tertiary alicyclic amines) is 1. The van der Waals surface area contributed by atoms with E-state index < -0.39 is 0 Å². The summed E-state index contributed by atoms with van der Waals surface area (Å²) in [5, 5.41) is 9.82. The number of aromatic nitrogens is 4. The summed E-state index contributed by atoms with van der Waals surface area (Å²) in [6.07, 6.45) is 7.10. The Hall–Kier alpha value is -3.98. The molecule has 1 aliphatic heterocycles. The average Bonchev–Trinajstić information content (AvgIpc) is 3.61. The lowest BCUT2D eigenvalue weighted by atomic mass is 10.1. The molecule has 1 saturated heterocycles. The summed E-state index contributed by atoms with van der Waals surface area (Å²) >= 11 is 0. The molecule has 9 nitrogen and oxygen atoms in total. The summed E-state index contributed by atoms with van der Waals surface area (Å²) in [5.74, 6) is 0.487. The molecule has 2 N–H and O–H groups in total. The first-order valence-corrected chi connectivity index (χ1v) is 12.7. The topological polar surface area (TPSA) is 99.3 Å². The Kier molecular flexibility index (Phi) is 7.32. The van der Waals surface area contributed by atoms with Crippen molar-refractivity contribution in [3.8, 4) is 17.0 Å². The van der Waals surface area contributed by atoms with Gasteiger partial charge in [-0.1, -0.05) is 0 Å². The van der Waals surface area contributed by atoms with Crippen molar-refractivity contribution in [2.45, 2.75) is 26.2 Å². The van der Waals surface area contributed by atoms with E-state index in [1.165, 1.54) is 25.9 Å². The number of hydrogen-bond donors (Lipinski definition) is 2. The summed E-state index contributed by atoms with van der Waals surface area (Å²) < 4.78 is 5.55. The van der Waals surface area contributed by atoms with Crippen LogP contribution < -0.4 is 15.0 Å². The highest BCUT2D eigenvalue weighted by molar-refractivity contribution is 5.96. The number of anilines is 2. The molecule has 0 atom stereocenters. The largest absolute Gasteiger partial charge is 0.497 e. The van der Waals surface area contributed by atoms with Gasteiger partial charge in [-0.3, -0.25) is 14.9 Å². The smallest absolute Gasteiger partial charge is 0.251 e. The Morgan fingerprint density at radius 2 is 1.95 bits per heavy atom. The van der Waals surface area contributed by atoms with Gasteiger partial charge in [0, 0.05) is 47.9 Å². The molecule has 0 unspecified atom stereocenters. The molecule has 5 rings (SSSR count). The van der Waals surface area contributed by atoms with Crippen LogP contribution in [-0.4, -0.2) is 71.3 Å². The van der Waals surface area contributed by atoms with E-state index in [0.717, 1.165) is 58.9 Å². The second kappa shape index (κ2) is 11.0. The van der Waals surface area contributed by atoms with Gasteiger partial charge >= 0.3 is 0 Å². The molecule has 0 radical (unpaired) electrons. The Bertz CT molecular complexity index is 1390. The number of H-pyrrole nitrogens is 1. The van der Waals surface area contributed by atoms with Crippen LogP contribution in [0.4, 0.5) is 11.4 Å². The zero-order valence-corrected chi connectivity index (χ0v) is 21.6. The quantitative estimate of drug-likeness (QED) is 0.354. The SMILES string of the molecule is CNC(=O)c1cc(OC)cc(N(CCCN2CCCC2)c2ccc3ncc(-c4cn[nH]c4C)nc3c2)c1. The normalized spacial score (nSPS) is 13.7. The monoisotopic (exact) mass is 499 g/mol. The molecule has 2 aromatic heterocycles. The molecule has 2 aromatic carbocycles. The number of methoxy groups -OCH3 is 1. The maximum atomic E-state index is 12.5. The van der Waals surface area contributed by atoms with Crippen molar-refractivity contribution in [1.82, 2.24) is 30.4 Å². The van der Waals surface area contributed by atoms with Crippen LogP contribution in [0.1, 0.15) is 35.3 Å². The van der Waals surface area contributed by atoms with Crippen molar-refractivity contribution in [2.24, 2.45) is 0 Å². The van der Waals surface area contributed by atoms with Crippen LogP contribution in [0.2, 0.25) is 0 Å². The molecule has 1 amide bonds. The second-order valence-corrected chi connectivity index (χ2v) is 9.39. The van der Waals surface area contributed by atoms with E-state index in [1.807, 2.05) is 25.1 Å². The number of ether oxygens (including phenoxy) is 1. The minimum atomic E-state index is -0.151. The molecular weight excluding hydrogens is 466 g/mol. The molecule has 0 aliphatic carbocycles. The fourth-order valence-electron chi connectivity index (χ4n) is 4.90. The molecule has 3 heterocycles. The number of benzene rings is 2. The van der Waals surface area contributed by atoms with E-state index in [0.29, 0.717) is 11.3 Å². The van der Waals surface area contributed by atoms with Crippen molar-refractivity contribution in [2.75, 3.05) is 45.2 Å². The number of carbonyl (C=O) groups excluding carboxylic acids is 1. The zero-order chi connectivity index (χ0) is 25.8. The Balaban J connectivity index is 1.53. The molecule has 192 valence electrons. The van der Waals surface area contributed by atoms with Crippen LogP contribution >= 0.6 is 0 Å². The van der Waals surface area contributed by atoms with Gasteiger partial charge in [0.1, 0.15) is 5.75 Å². The van der Waals surface area contributed by atoms with E-state index in [4.69, 9.17) is 9.72 Å². The molecule has 0 saturated carbocycles.